The van der Waals surface area contributed by atoms with Crippen molar-refractivity contribution in [2.24, 2.45) is 11.1 Å². The first-order chi connectivity index (χ1) is 9.47. The second kappa shape index (κ2) is 5.31. The number of rotatable bonds is 5. The molecule has 0 fully saturated rings. The summed E-state index contributed by atoms with van der Waals surface area (Å²) in [6.07, 6.45) is 0.307. The summed E-state index contributed by atoms with van der Waals surface area (Å²) >= 11 is 0.749. The summed E-state index contributed by atoms with van der Waals surface area (Å²) in [6, 6.07) is 1.39. The van der Waals surface area contributed by atoms with Crippen molar-refractivity contribution in [3.63, 3.8) is 0 Å². The highest BCUT2D eigenvalue weighted by atomic mass is 32.3. The van der Waals surface area contributed by atoms with E-state index in [0.717, 1.165) is 17.9 Å². The lowest BCUT2D eigenvalue weighted by Gasteiger charge is -2.24. The van der Waals surface area contributed by atoms with E-state index < -0.39 is 24.6 Å². The Hall–Kier alpha value is -0.480. The summed E-state index contributed by atoms with van der Waals surface area (Å²) in [5.41, 5.74) is 0.554. The van der Waals surface area contributed by atoms with Gasteiger partial charge in [-0.2, -0.15) is 0 Å². The first-order valence-electron chi connectivity index (χ1n) is 6.58. The number of hydrogen-bond donors (Lipinski definition) is 2. The van der Waals surface area contributed by atoms with E-state index >= 15 is 0 Å². The quantitative estimate of drug-likeness (QED) is 0.812. The van der Waals surface area contributed by atoms with Crippen molar-refractivity contribution in [1.29, 1.82) is 0 Å². The van der Waals surface area contributed by atoms with Gasteiger partial charge in [0.15, 0.2) is 9.84 Å². The van der Waals surface area contributed by atoms with Gasteiger partial charge in [0.2, 0.25) is 10.0 Å². The lowest BCUT2D eigenvalue weighted by molar-refractivity contribution is 0.478. The molecule has 2 rings (SSSR count). The maximum absolute atomic E-state index is 12.7. The van der Waals surface area contributed by atoms with Gasteiger partial charge in [0, 0.05) is 6.54 Å². The van der Waals surface area contributed by atoms with Crippen molar-refractivity contribution < 1.29 is 16.8 Å². The highest BCUT2D eigenvalue weighted by molar-refractivity contribution is 7.96. The van der Waals surface area contributed by atoms with Crippen LogP contribution in [0.2, 0.25) is 0 Å². The number of sulfonamides is 1. The van der Waals surface area contributed by atoms with Gasteiger partial charge < -0.3 is 5.32 Å². The summed E-state index contributed by atoms with van der Waals surface area (Å²) in [4.78, 5) is 0. The van der Waals surface area contributed by atoms with Gasteiger partial charge in [-0.1, -0.05) is 13.8 Å². The second-order valence-electron chi connectivity index (χ2n) is 6.08. The molecule has 120 valence electrons. The van der Waals surface area contributed by atoms with Gasteiger partial charge in [0.25, 0.3) is 0 Å². The van der Waals surface area contributed by atoms with Gasteiger partial charge >= 0.3 is 0 Å². The fourth-order valence-electron chi connectivity index (χ4n) is 2.38. The Morgan fingerprint density at radius 1 is 1.48 bits per heavy atom. The maximum atomic E-state index is 12.7. The summed E-state index contributed by atoms with van der Waals surface area (Å²) in [5, 5.41) is 8.24. The van der Waals surface area contributed by atoms with Crippen molar-refractivity contribution in [2.45, 2.75) is 40.4 Å². The number of fused-ring (bicyclic) bond motifs is 1. The van der Waals surface area contributed by atoms with Gasteiger partial charge in [0.1, 0.15) is 8.42 Å². The minimum Gasteiger partial charge on any atom is -0.315 e. The molecule has 2 heterocycles. The Kier molecular flexibility index (Phi) is 4.27. The van der Waals surface area contributed by atoms with Crippen LogP contribution in [0.5, 0.6) is 0 Å². The molecular weight excluding hydrogens is 332 g/mol. The molecule has 1 aliphatic rings. The molecule has 1 atom stereocenters. The molecule has 6 nitrogen and oxygen atoms in total. The molecule has 1 unspecified atom stereocenters. The molecule has 0 bridgehead atoms. The predicted octanol–water partition coefficient (Wildman–Crippen LogP) is 0.730. The summed E-state index contributed by atoms with van der Waals surface area (Å²) in [5.74, 6) is 0.431. The minimum absolute atomic E-state index is 0.0896. The van der Waals surface area contributed by atoms with Crippen LogP contribution in [-0.4, -0.2) is 34.7 Å². The fourth-order valence-corrected chi connectivity index (χ4v) is 7.08. The van der Waals surface area contributed by atoms with Crippen LogP contribution in [0.15, 0.2) is 14.5 Å². The zero-order chi connectivity index (χ0) is 16.1. The van der Waals surface area contributed by atoms with E-state index in [1.807, 2.05) is 13.8 Å². The lowest BCUT2D eigenvalue weighted by Crippen LogP contribution is -2.44. The molecule has 0 radical (unpaired) electrons. The van der Waals surface area contributed by atoms with Crippen LogP contribution >= 0.6 is 11.3 Å². The Bertz CT molecular complexity index is 749. The van der Waals surface area contributed by atoms with E-state index in [2.05, 4.69) is 5.32 Å². The van der Waals surface area contributed by atoms with Gasteiger partial charge in [0.05, 0.1) is 4.75 Å². The fraction of sp³-hybridized carbons (Fsp3) is 0.667. The molecule has 3 N–H and O–H groups in total. The Labute approximate surface area is 129 Å². The van der Waals surface area contributed by atoms with Gasteiger partial charge in [-0.25, -0.2) is 22.0 Å². The SMILES string of the molecule is CC(C)CNCC1(C)Cc2cc(S(N)(=O)=O)sc2S1(=O)=O. The first-order valence-corrected chi connectivity index (χ1v) is 10.4. The normalized spacial score (nSPS) is 24.4. The average molecular weight is 353 g/mol. The summed E-state index contributed by atoms with van der Waals surface area (Å²) < 4.78 is 47.1. The van der Waals surface area contributed by atoms with E-state index in [4.69, 9.17) is 5.14 Å². The molecule has 0 amide bonds. The zero-order valence-electron chi connectivity index (χ0n) is 12.2. The van der Waals surface area contributed by atoms with E-state index in [0.29, 0.717) is 24.4 Å². The topological polar surface area (TPSA) is 106 Å². The minimum atomic E-state index is -3.86. The Morgan fingerprint density at radius 3 is 2.57 bits per heavy atom. The molecule has 0 saturated heterocycles. The third kappa shape index (κ3) is 3.02. The van der Waals surface area contributed by atoms with E-state index in [1.165, 1.54) is 6.07 Å². The number of thiophene rings is 1. The van der Waals surface area contributed by atoms with Gasteiger partial charge in [-0.3, -0.25) is 0 Å². The van der Waals surface area contributed by atoms with Crippen molar-refractivity contribution in [1.82, 2.24) is 5.32 Å². The number of hydrogen-bond acceptors (Lipinski definition) is 6. The molecule has 1 aromatic heterocycles. The van der Waals surface area contributed by atoms with Crippen molar-refractivity contribution in [2.75, 3.05) is 13.1 Å². The summed E-state index contributed by atoms with van der Waals surface area (Å²) in [6.45, 7) is 6.88. The smallest absolute Gasteiger partial charge is 0.247 e. The van der Waals surface area contributed by atoms with Crippen molar-refractivity contribution >= 4 is 31.2 Å². The molecule has 0 aromatic carbocycles. The zero-order valence-corrected chi connectivity index (χ0v) is 14.7. The van der Waals surface area contributed by atoms with Crippen molar-refractivity contribution in [3.8, 4) is 0 Å². The first kappa shape index (κ1) is 16.9. The number of primary sulfonamides is 1. The number of sulfone groups is 1. The van der Waals surface area contributed by atoms with E-state index in [9.17, 15) is 16.8 Å². The Balaban J connectivity index is 2.30. The van der Waals surface area contributed by atoms with Gasteiger partial charge in [-0.05, 0) is 37.4 Å². The van der Waals surface area contributed by atoms with Crippen LogP contribution in [0.25, 0.3) is 0 Å². The molecule has 21 heavy (non-hydrogen) atoms. The van der Waals surface area contributed by atoms with Crippen molar-refractivity contribution in [3.05, 3.63) is 11.6 Å². The van der Waals surface area contributed by atoms with Crippen LogP contribution in [0.3, 0.4) is 0 Å². The Morgan fingerprint density at radius 2 is 2.10 bits per heavy atom. The molecule has 0 aliphatic carbocycles. The highest BCUT2D eigenvalue weighted by Gasteiger charge is 2.49. The van der Waals surface area contributed by atoms with Crippen LogP contribution in [0.1, 0.15) is 26.3 Å². The number of nitrogens with one attached hydrogen (secondary N) is 1. The second-order valence-corrected chi connectivity index (χ2v) is 11.6. The van der Waals surface area contributed by atoms with Crippen LogP contribution < -0.4 is 10.5 Å². The standard InChI is InChI=1S/C12H20N2O4S3/c1-8(2)6-14-7-12(3)5-9-4-10(21(13,17)18)19-11(9)20(12,15)16/h4,8,14H,5-7H2,1-3H3,(H2,13,17,18). The third-order valence-electron chi connectivity index (χ3n) is 3.54. The molecule has 1 aromatic rings. The largest absolute Gasteiger partial charge is 0.315 e. The molecule has 1 aliphatic heterocycles. The molecule has 0 spiro atoms. The maximum Gasteiger partial charge on any atom is 0.247 e. The third-order valence-corrected chi connectivity index (χ3v) is 9.17. The molecule has 0 saturated carbocycles. The van der Waals surface area contributed by atoms with E-state index in [1.54, 1.807) is 6.92 Å². The molecule has 9 heteroatoms. The van der Waals surface area contributed by atoms with E-state index in [-0.39, 0.29) is 8.42 Å². The predicted molar refractivity (Wildman–Crippen MR) is 82.7 cm³/mol. The summed E-state index contributed by atoms with van der Waals surface area (Å²) in [7, 11) is -7.41. The lowest BCUT2D eigenvalue weighted by atomic mass is 10.0. The van der Waals surface area contributed by atoms with Crippen LogP contribution in [0.4, 0.5) is 0 Å². The van der Waals surface area contributed by atoms with Crippen LogP contribution in [-0.2, 0) is 26.3 Å². The average Bonchev–Trinajstić information content (AvgIpc) is 2.78. The van der Waals surface area contributed by atoms with Gasteiger partial charge in [-0.15, -0.1) is 11.3 Å². The monoisotopic (exact) mass is 352 g/mol. The highest BCUT2D eigenvalue weighted by Crippen LogP contribution is 2.44. The molecular formula is C12H20N2O4S3. The van der Waals surface area contributed by atoms with Crippen LogP contribution in [0, 0.1) is 5.92 Å². The number of nitrogens with two attached hydrogens (primary N) is 1.